The molecule has 0 saturated heterocycles. The summed E-state index contributed by atoms with van der Waals surface area (Å²) in [6.45, 7) is 6.52. The second-order valence-corrected chi connectivity index (χ2v) is 11.2. The van der Waals surface area contributed by atoms with Gasteiger partial charge in [0.1, 0.15) is 29.6 Å². The van der Waals surface area contributed by atoms with Gasteiger partial charge in [-0.1, -0.05) is 24.3 Å². The molecule has 0 amide bonds. The SMILES string of the molecule is CCN(CC)c1ccc(N=Nc2ccc(Oc3ccc(Oc4ccc(COC(=O)C5CC6C=CC5C6)cc4)cc3)cc2)cc1. The number of allylic oxidation sites excluding steroid dienone is 2. The Labute approximate surface area is 258 Å². The van der Waals surface area contributed by atoms with Crippen molar-refractivity contribution in [2.75, 3.05) is 18.0 Å². The highest BCUT2D eigenvalue weighted by atomic mass is 16.5. The van der Waals surface area contributed by atoms with Crippen LogP contribution in [0.4, 0.5) is 17.1 Å². The molecule has 44 heavy (non-hydrogen) atoms. The molecule has 1 saturated carbocycles. The van der Waals surface area contributed by atoms with E-state index in [-0.39, 0.29) is 18.5 Å². The molecule has 0 N–H and O–H groups in total. The van der Waals surface area contributed by atoms with Gasteiger partial charge in [-0.25, -0.2) is 0 Å². The highest BCUT2D eigenvalue weighted by molar-refractivity contribution is 5.74. The first kappa shape index (κ1) is 29.2. The fourth-order valence-electron chi connectivity index (χ4n) is 5.83. The summed E-state index contributed by atoms with van der Waals surface area (Å²) < 4.78 is 17.6. The van der Waals surface area contributed by atoms with Gasteiger partial charge in [0.05, 0.1) is 17.3 Å². The van der Waals surface area contributed by atoms with E-state index in [2.05, 4.69) is 53.3 Å². The van der Waals surface area contributed by atoms with E-state index in [9.17, 15) is 4.79 Å². The van der Waals surface area contributed by atoms with E-state index in [0.29, 0.717) is 34.8 Å². The van der Waals surface area contributed by atoms with Crippen LogP contribution >= 0.6 is 0 Å². The monoisotopic (exact) mass is 587 g/mol. The Morgan fingerprint density at radius 2 is 1.18 bits per heavy atom. The minimum atomic E-state index is -0.0847. The van der Waals surface area contributed by atoms with Crippen LogP contribution in [0.1, 0.15) is 32.3 Å². The smallest absolute Gasteiger partial charge is 0.309 e. The average molecular weight is 588 g/mol. The molecule has 1 fully saturated rings. The maximum absolute atomic E-state index is 12.5. The van der Waals surface area contributed by atoms with Crippen molar-refractivity contribution in [3.63, 3.8) is 0 Å². The summed E-state index contributed by atoms with van der Waals surface area (Å²) in [5.74, 6) is 3.64. The quantitative estimate of drug-likeness (QED) is 0.0937. The first-order valence-electron chi connectivity index (χ1n) is 15.3. The predicted molar refractivity (Wildman–Crippen MR) is 172 cm³/mol. The Morgan fingerprint density at radius 1 is 0.682 bits per heavy atom. The van der Waals surface area contributed by atoms with Crippen LogP contribution in [-0.4, -0.2) is 19.1 Å². The van der Waals surface area contributed by atoms with Crippen LogP contribution in [0.2, 0.25) is 0 Å². The number of carbonyl (C=O) groups is 1. The zero-order valence-corrected chi connectivity index (χ0v) is 25.1. The third-order valence-corrected chi connectivity index (χ3v) is 8.28. The number of azo groups is 1. The van der Waals surface area contributed by atoms with Gasteiger partial charge in [-0.05, 0) is 129 Å². The molecule has 2 aliphatic carbocycles. The second-order valence-electron chi connectivity index (χ2n) is 11.2. The van der Waals surface area contributed by atoms with Crippen LogP contribution < -0.4 is 14.4 Å². The molecular weight excluding hydrogens is 550 g/mol. The van der Waals surface area contributed by atoms with Crippen molar-refractivity contribution < 1.29 is 19.0 Å². The van der Waals surface area contributed by atoms with Crippen molar-refractivity contribution in [3.05, 3.63) is 115 Å². The largest absolute Gasteiger partial charge is 0.461 e. The Balaban J connectivity index is 0.962. The fourth-order valence-corrected chi connectivity index (χ4v) is 5.83. The zero-order valence-electron chi connectivity index (χ0n) is 25.1. The number of hydrogen-bond acceptors (Lipinski definition) is 7. The molecule has 0 spiro atoms. The van der Waals surface area contributed by atoms with Gasteiger partial charge in [0.25, 0.3) is 0 Å². The molecule has 0 aliphatic heterocycles. The normalized spacial score (nSPS) is 18.5. The minimum Gasteiger partial charge on any atom is -0.461 e. The predicted octanol–water partition coefficient (Wildman–Crippen LogP) is 9.79. The molecule has 3 atom stereocenters. The standard InChI is InChI=1S/C37H37N3O4/c1-3-40(4-2)31-13-9-29(10-14-31)38-39-30-11-17-33(18-12-30)44-35-21-19-34(20-22-35)43-32-15-6-26(7-16-32)25-42-37(41)36-24-27-5-8-28(36)23-27/h5-22,27-28,36H,3-4,23-25H2,1-2H3. The summed E-state index contributed by atoms with van der Waals surface area (Å²) in [5, 5.41) is 8.71. The first-order chi connectivity index (χ1) is 21.6. The van der Waals surface area contributed by atoms with Gasteiger partial charge in [-0.3, -0.25) is 4.79 Å². The Morgan fingerprint density at radius 3 is 1.66 bits per heavy atom. The van der Waals surface area contributed by atoms with Gasteiger partial charge < -0.3 is 19.1 Å². The van der Waals surface area contributed by atoms with Crippen molar-refractivity contribution in [3.8, 4) is 23.0 Å². The van der Waals surface area contributed by atoms with Gasteiger partial charge >= 0.3 is 5.97 Å². The molecule has 4 aromatic rings. The lowest BCUT2D eigenvalue weighted by atomic mass is 9.94. The molecule has 7 heteroatoms. The Hall–Kier alpha value is -4.91. The molecule has 224 valence electrons. The van der Waals surface area contributed by atoms with Crippen molar-refractivity contribution in [1.82, 2.24) is 0 Å². The molecule has 0 aromatic heterocycles. The molecule has 0 radical (unpaired) electrons. The summed E-state index contributed by atoms with van der Waals surface area (Å²) in [6.07, 6.45) is 6.42. The lowest BCUT2D eigenvalue weighted by Gasteiger charge is -2.20. The number of ether oxygens (including phenoxy) is 3. The fraction of sp³-hybridized carbons (Fsp3) is 0.270. The molecule has 3 unspecified atom stereocenters. The molecule has 6 rings (SSSR count). The van der Waals surface area contributed by atoms with E-state index in [1.807, 2.05) is 84.9 Å². The summed E-state index contributed by atoms with van der Waals surface area (Å²) in [6, 6.07) is 30.7. The molecule has 4 aromatic carbocycles. The number of benzene rings is 4. The number of anilines is 1. The lowest BCUT2D eigenvalue weighted by Crippen LogP contribution is -2.21. The number of nitrogens with zero attached hydrogens (tertiary/aromatic N) is 3. The average Bonchev–Trinajstić information content (AvgIpc) is 3.71. The van der Waals surface area contributed by atoms with Crippen LogP contribution in [0, 0.1) is 17.8 Å². The van der Waals surface area contributed by atoms with Crippen molar-refractivity contribution >= 4 is 23.0 Å². The van der Waals surface area contributed by atoms with Crippen LogP contribution in [0.5, 0.6) is 23.0 Å². The highest BCUT2D eigenvalue weighted by Crippen LogP contribution is 2.44. The van der Waals surface area contributed by atoms with Crippen LogP contribution in [-0.2, 0) is 16.1 Å². The summed E-state index contributed by atoms with van der Waals surface area (Å²) in [7, 11) is 0. The zero-order chi connectivity index (χ0) is 30.3. The second kappa shape index (κ2) is 13.6. The molecule has 2 bridgehead atoms. The summed E-state index contributed by atoms with van der Waals surface area (Å²) in [4.78, 5) is 14.8. The van der Waals surface area contributed by atoms with Crippen molar-refractivity contribution in [2.45, 2.75) is 33.3 Å². The van der Waals surface area contributed by atoms with Crippen LogP contribution in [0.25, 0.3) is 0 Å². The van der Waals surface area contributed by atoms with Gasteiger partial charge in [0.2, 0.25) is 0 Å². The van der Waals surface area contributed by atoms with Crippen LogP contribution in [0.15, 0.2) is 119 Å². The maximum Gasteiger partial charge on any atom is 0.309 e. The molecule has 2 aliphatic rings. The van der Waals surface area contributed by atoms with Gasteiger partial charge in [-0.2, -0.15) is 10.2 Å². The maximum atomic E-state index is 12.5. The topological polar surface area (TPSA) is 72.7 Å². The number of rotatable bonds is 12. The molecular formula is C37H37N3O4. The highest BCUT2D eigenvalue weighted by Gasteiger charge is 2.40. The van der Waals surface area contributed by atoms with Crippen molar-refractivity contribution in [2.24, 2.45) is 28.0 Å². The number of hydrogen-bond donors (Lipinski definition) is 0. The molecule has 0 heterocycles. The van der Waals surface area contributed by atoms with E-state index in [4.69, 9.17) is 14.2 Å². The Kier molecular flexibility index (Phi) is 9.01. The van der Waals surface area contributed by atoms with Crippen LogP contribution in [0.3, 0.4) is 0 Å². The van der Waals surface area contributed by atoms with Gasteiger partial charge in [0.15, 0.2) is 0 Å². The lowest BCUT2D eigenvalue weighted by molar-refractivity contribution is -0.150. The van der Waals surface area contributed by atoms with Gasteiger partial charge in [0, 0.05) is 18.8 Å². The Bertz CT molecular complexity index is 1590. The van der Waals surface area contributed by atoms with E-state index < -0.39 is 0 Å². The van der Waals surface area contributed by atoms with E-state index in [1.54, 1.807) is 0 Å². The number of esters is 1. The first-order valence-corrected chi connectivity index (χ1v) is 15.3. The number of fused-ring (bicyclic) bond motifs is 2. The van der Waals surface area contributed by atoms with E-state index in [0.717, 1.165) is 42.9 Å². The van der Waals surface area contributed by atoms with Crippen molar-refractivity contribution in [1.29, 1.82) is 0 Å². The minimum absolute atomic E-state index is 0.0160. The molecule has 7 nitrogen and oxygen atoms in total. The van der Waals surface area contributed by atoms with E-state index in [1.165, 1.54) is 5.69 Å². The summed E-state index contributed by atoms with van der Waals surface area (Å²) >= 11 is 0. The number of carbonyl (C=O) groups excluding carboxylic acids is 1. The summed E-state index contributed by atoms with van der Waals surface area (Å²) in [5.41, 5.74) is 3.67. The third kappa shape index (κ3) is 7.17. The third-order valence-electron chi connectivity index (χ3n) is 8.28. The van der Waals surface area contributed by atoms with E-state index >= 15 is 0 Å². The van der Waals surface area contributed by atoms with Gasteiger partial charge in [-0.15, -0.1) is 0 Å².